The quantitative estimate of drug-likeness (QED) is 0.775. The number of hydrogen-bond donors (Lipinski definition) is 1. The normalized spacial score (nSPS) is 10.7. The number of halogens is 2. The van der Waals surface area contributed by atoms with Crippen molar-refractivity contribution >= 4 is 17.5 Å². The number of carbonyl (C=O) groups excluding carboxylic acids is 1. The lowest BCUT2D eigenvalue weighted by Gasteiger charge is -2.06. The minimum Gasteiger partial charge on any atom is -0.347 e. The van der Waals surface area contributed by atoms with Crippen LogP contribution in [0.5, 0.6) is 0 Å². The summed E-state index contributed by atoms with van der Waals surface area (Å²) < 4.78 is 15.2. The van der Waals surface area contributed by atoms with E-state index in [1.165, 1.54) is 10.7 Å². The minimum absolute atomic E-state index is 0.204. The molecule has 0 radical (unpaired) electrons. The summed E-state index contributed by atoms with van der Waals surface area (Å²) in [5.74, 6) is -0.674. The smallest absolute Gasteiger partial charge is 0.274 e. The van der Waals surface area contributed by atoms with Gasteiger partial charge in [0.15, 0.2) is 5.69 Å². The van der Waals surface area contributed by atoms with E-state index in [2.05, 4.69) is 15.6 Å². The van der Waals surface area contributed by atoms with E-state index in [-0.39, 0.29) is 17.4 Å². The standard InChI is InChI=1S/C18H16ClFN4O/c1-11-3-8-15(9-16(11)20)24-12(2)17(22-23-24)18(25)21-10-13-4-6-14(19)7-5-13/h3-9H,10H2,1-2H3,(H,21,25). The number of hydrogen-bond acceptors (Lipinski definition) is 3. The topological polar surface area (TPSA) is 59.8 Å². The molecule has 0 saturated carbocycles. The molecule has 128 valence electrons. The molecule has 1 heterocycles. The lowest BCUT2D eigenvalue weighted by atomic mass is 10.2. The van der Waals surface area contributed by atoms with Crippen LogP contribution in [0, 0.1) is 19.7 Å². The number of nitrogens with zero attached hydrogens (tertiary/aromatic N) is 3. The lowest BCUT2D eigenvalue weighted by Crippen LogP contribution is -2.24. The summed E-state index contributed by atoms with van der Waals surface area (Å²) in [6.45, 7) is 3.75. The summed E-state index contributed by atoms with van der Waals surface area (Å²) in [7, 11) is 0. The van der Waals surface area contributed by atoms with Crippen LogP contribution in [-0.2, 0) is 6.54 Å². The van der Waals surface area contributed by atoms with Crippen molar-refractivity contribution in [2.24, 2.45) is 0 Å². The zero-order valence-electron chi connectivity index (χ0n) is 13.8. The van der Waals surface area contributed by atoms with Crippen LogP contribution < -0.4 is 5.32 Å². The van der Waals surface area contributed by atoms with E-state index >= 15 is 0 Å². The molecule has 3 aromatic rings. The molecule has 1 amide bonds. The Labute approximate surface area is 149 Å². The third-order valence-electron chi connectivity index (χ3n) is 3.88. The highest BCUT2D eigenvalue weighted by atomic mass is 35.5. The van der Waals surface area contributed by atoms with Crippen molar-refractivity contribution in [1.29, 1.82) is 0 Å². The Kier molecular flexibility index (Phi) is 4.81. The molecule has 25 heavy (non-hydrogen) atoms. The maximum absolute atomic E-state index is 13.7. The molecule has 0 aliphatic carbocycles. The molecule has 1 aromatic heterocycles. The molecule has 7 heteroatoms. The lowest BCUT2D eigenvalue weighted by molar-refractivity contribution is 0.0945. The van der Waals surface area contributed by atoms with E-state index in [4.69, 9.17) is 11.6 Å². The Bertz CT molecular complexity index is 921. The fourth-order valence-corrected chi connectivity index (χ4v) is 2.49. The van der Waals surface area contributed by atoms with Crippen LogP contribution in [0.2, 0.25) is 5.02 Å². The van der Waals surface area contributed by atoms with Gasteiger partial charge in [0, 0.05) is 11.6 Å². The number of amides is 1. The van der Waals surface area contributed by atoms with E-state index in [0.29, 0.717) is 28.5 Å². The molecule has 0 fully saturated rings. The summed E-state index contributed by atoms with van der Waals surface area (Å²) in [4.78, 5) is 12.3. The van der Waals surface area contributed by atoms with E-state index in [1.54, 1.807) is 38.1 Å². The van der Waals surface area contributed by atoms with Gasteiger partial charge in [0.1, 0.15) is 5.82 Å². The van der Waals surface area contributed by atoms with E-state index < -0.39 is 0 Å². The molecule has 0 saturated heterocycles. The number of aryl methyl sites for hydroxylation is 1. The van der Waals surface area contributed by atoms with Crippen LogP contribution in [0.1, 0.15) is 27.3 Å². The average molecular weight is 359 g/mol. The molecule has 5 nitrogen and oxygen atoms in total. The van der Waals surface area contributed by atoms with E-state index in [9.17, 15) is 9.18 Å². The van der Waals surface area contributed by atoms with Gasteiger partial charge in [0.05, 0.1) is 11.4 Å². The van der Waals surface area contributed by atoms with Crippen molar-refractivity contribution in [1.82, 2.24) is 20.3 Å². The summed E-state index contributed by atoms with van der Waals surface area (Å²) >= 11 is 5.84. The zero-order chi connectivity index (χ0) is 18.0. The molecule has 0 spiro atoms. The van der Waals surface area contributed by atoms with Gasteiger partial charge in [-0.05, 0) is 49.2 Å². The van der Waals surface area contributed by atoms with Crippen LogP contribution >= 0.6 is 11.6 Å². The fraction of sp³-hybridized carbons (Fsp3) is 0.167. The summed E-state index contributed by atoms with van der Waals surface area (Å²) in [5, 5.41) is 11.3. The first-order chi connectivity index (χ1) is 12.0. The van der Waals surface area contributed by atoms with Crippen LogP contribution in [0.25, 0.3) is 5.69 Å². The van der Waals surface area contributed by atoms with Gasteiger partial charge in [-0.1, -0.05) is 35.0 Å². The predicted molar refractivity (Wildman–Crippen MR) is 93.4 cm³/mol. The average Bonchev–Trinajstić information content (AvgIpc) is 2.98. The monoisotopic (exact) mass is 358 g/mol. The van der Waals surface area contributed by atoms with Gasteiger partial charge in [0.25, 0.3) is 5.91 Å². The second kappa shape index (κ2) is 7.03. The number of benzene rings is 2. The van der Waals surface area contributed by atoms with Crippen LogP contribution in [0.15, 0.2) is 42.5 Å². The van der Waals surface area contributed by atoms with Crippen molar-refractivity contribution in [3.63, 3.8) is 0 Å². The van der Waals surface area contributed by atoms with Gasteiger partial charge in [-0.15, -0.1) is 5.10 Å². The third kappa shape index (κ3) is 3.69. The van der Waals surface area contributed by atoms with Crippen molar-refractivity contribution in [3.05, 3.63) is 75.8 Å². The Morgan fingerprint density at radius 2 is 1.92 bits per heavy atom. The zero-order valence-corrected chi connectivity index (χ0v) is 14.5. The molecule has 1 N–H and O–H groups in total. The SMILES string of the molecule is Cc1ccc(-n2nnc(C(=O)NCc3ccc(Cl)cc3)c2C)cc1F. The Morgan fingerprint density at radius 1 is 1.20 bits per heavy atom. The van der Waals surface area contributed by atoms with Gasteiger partial charge >= 0.3 is 0 Å². The van der Waals surface area contributed by atoms with Crippen molar-refractivity contribution in [2.45, 2.75) is 20.4 Å². The maximum Gasteiger partial charge on any atom is 0.274 e. The summed E-state index contributed by atoms with van der Waals surface area (Å²) in [5.41, 5.74) is 2.72. The van der Waals surface area contributed by atoms with E-state index in [0.717, 1.165) is 5.56 Å². The van der Waals surface area contributed by atoms with Gasteiger partial charge in [-0.25, -0.2) is 9.07 Å². The van der Waals surface area contributed by atoms with Gasteiger partial charge in [-0.3, -0.25) is 4.79 Å². The number of rotatable bonds is 4. The Balaban J connectivity index is 1.76. The second-order valence-electron chi connectivity index (χ2n) is 5.68. The van der Waals surface area contributed by atoms with Crippen LogP contribution in [0.3, 0.4) is 0 Å². The van der Waals surface area contributed by atoms with Crippen molar-refractivity contribution in [3.8, 4) is 5.69 Å². The Morgan fingerprint density at radius 3 is 2.60 bits per heavy atom. The van der Waals surface area contributed by atoms with Crippen LogP contribution in [0.4, 0.5) is 4.39 Å². The highest BCUT2D eigenvalue weighted by Crippen LogP contribution is 2.16. The maximum atomic E-state index is 13.7. The number of nitrogens with one attached hydrogen (secondary N) is 1. The second-order valence-corrected chi connectivity index (χ2v) is 6.11. The highest BCUT2D eigenvalue weighted by Gasteiger charge is 2.17. The van der Waals surface area contributed by atoms with Crippen LogP contribution in [-0.4, -0.2) is 20.9 Å². The first-order valence-corrected chi connectivity index (χ1v) is 8.05. The number of aromatic nitrogens is 3. The van der Waals surface area contributed by atoms with Crippen molar-refractivity contribution < 1.29 is 9.18 Å². The summed E-state index contributed by atoms with van der Waals surface area (Å²) in [6.07, 6.45) is 0. The molecule has 3 rings (SSSR count). The molecule has 0 atom stereocenters. The van der Waals surface area contributed by atoms with E-state index in [1.807, 2.05) is 12.1 Å². The molecular formula is C18H16ClFN4O. The molecule has 0 aliphatic rings. The van der Waals surface area contributed by atoms with Crippen molar-refractivity contribution in [2.75, 3.05) is 0 Å². The molecule has 0 bridgehead atoms. The molecule has 0 aliphatic heterocycles. The largest absolute Gasteiger partial charge is 0.347 e. The molecule has 0 unspecified atom stereocenters. The first-order valence-electron chi connectivity index (χ1n) is 7.67. The minimum atomic E-state index is -0.341. The first kappa shape index (κ1) is 17.1. The molecule has 2 aromatic carbocycles. The fourth-order valence-electron chi connectivity index (χ4n) is 2.37. The third-order valence-corrected chi connectivity index (χ3v) is 4.13. The van der Waals surface area contributed by atoms with Gasteiger partial charge in [-0.2, -0.15) is 0 Å². The summed E-state index contributed by atoms with van der Waals surface area (Å²) in [6, 6.07) is 11.9. The Hall–Kier alpha value is -2.73. The number of carbonyl (C=O) groups is 1. The predicted octanol–water partition coefficient (Wildman–Crippen LogP) is 3.61. The molecular weight excluding hydrogens is 343 g/mol. The van der Waals surface area contributed by atoms with Gasteiger partial charge < -0.3 is 5.32 Å². The highest BCUT2D eigenvalue weighted by molar-refractivity contribution is 6.30. The van der Waals surface area contributed by atoms with Gasteiger partial charge in [0.2, 0.25) is 0 Å².